The highest BCUT2D eigenvalue weighted by molar-refractivity contribution is 6.00. The fourth-order valence-electron chi connectivity index (χ4n) is 3.41. The van der Waals surface area contributed by atoms with Gasteiger partial charge in [0.25, 0.3) is 0 Å². The van der Waals surface area contributed by atoms with E-state index in [1.165, 1.54) is 13.2 Å². The van der Waals surface area contributed by atoms with Crippen LogP contribution in [0.4, 0.5) is 10.5 Å². The predicted octanol–water partition coefficient (Wildman–Crippen LogP) is 5.65. The first-order valence-corrected chi connectivity index (χ1v) is 10.2. The summed E-state index contributed by atoms with van der Waals surface area (Å²) in [4.78, 5) is 23.3. The van der Waals surface area contributed by atoms with Crippen molar-refractivity contribution in [2.24, 2.45) is 0 Å². The molecule has 166 valence electrons. The fraction of sp³-hybridized carbons (Fsp3) is 0.200. The molecule has 3 aromatic carbocycles. The molecule has 32 heavy (non-hydrogen) atoms. The summed E-state index contributed by atoms with van der Waals surface area (Å²) < 4.78 is 10.8. The highest BCUT2D eigenvalue weighted by Crippen LogP contribution is 2.33. The van der Waals surface area contributed by atoms with Crippen LogP contribution < -0.4 is 10.1 Å². The Morgan fingerprint density at radius 1 is 1.09 bits per heavy atom. The molecular formula is C25H25NO6. The number of carbonyl (C=O) groups excluding carboxylic acids is 1. The minimum Gasteiger partial charge on any atom is -0.504 e. The number of methoxy groups -OCH3 is 1. The van der Waals surface area contributed by atoms with Crippen LogP contribution in [0.2, 0.25) is 0 Å². The van der Waals surface area contributed by atoms with E-state index in [4.69, 9.17) is 14.6 Å². The van der Waals surface area contributed by atoms with Gasteiger partial charge in [0, 0.05) is 11.5 Å². The number of amides is 1. The fourth-order valence-corrected chi connectivity index (χ4v) is 3.41. The molecule has 0 aromatic heterocycles. The van der Waals surface area contributed by atoms with Crippen LogP contribution in [0.15, 0.2) is 72.8 Å². The SMILES string of the molecule is COc1ccc([C@H](CCC/C=C/C(=O)O)OC(=O)Nc2cccc3ccccc23)cc1O. The third-order valence-electron chi connectivity index (χ3n) is 4.95. The van der Waals surface area contributed by atoms with Crippen molar-refractivity contribution in [2.45, 2.75) is 25.4 Å². The number of fused-ring (bicyclic) bond motifs is 1. The molecule has 7 nitrogen and oxygen atoms in total. The maximum absolute atomic E-state index is 12.7. The Bertz CT molecular complexity index is 1120. The molecule has 3 aromatic rings. The van der Waals surface area contributed by atoms with Crippen molar-refractivity contribution in [3.8, 4) is 11.5 Å². The summed E-state index contributed by atoms with van der Waals surface area (Å²) in [7, 11) is 1.45. The van der Waals surface area contributed by atoms with Gasteiger partial charge in [-0.05, 0) is 48.4 Å². The second-order valence-electron chi connectivity index (χ2n) is 7.15. The summed E-state index contributed by atoms with van der Waals surface area (Å²) in [6, 6.07) is 18.1. The van der Waals surface area contributed by atoms with Gasteiger partial charge < -0.3 is 19.7 Å². The average molecular weight is 435 g/mol. The van der Waals surface area contributed by atoms with Crippen LogP contribution in [0.1, 0.15) is 30.9 Å². The average Bonchev–Trinajstić information content (AvgIpc) is 2.78. The highest BCUT2D eigenvalue weighted by Gasteiger charge is 2.19. The van der Waals surface area contributed by atoms with Crippen LogP contribution >= 0.6 is 0 Å². The smallest absolute Gasteiger partial charge is 0.412 e. The van der Waals surface area contributed by atoms with Gasteiger partial charge in [-0.15, -0.1) is 0 Å². The molecule has 0 bridgehead atoms. The Morgan fingerprint density at radius 3 is 2.62 bits per heavy atom. The number of phenols is 1. The molecule has 3 rings (SSSR count). The second-order valence-corrected chi connectivity index (χ2v) is 7.15. The van der Waals surface area contributed by atoms with E-state index in [9.17, 15) is 14.7 Å². The van der Waals surface area contributed by atoms with Crippen molar-refractivity contribution in [1.82, 2.24) is 0 Å². The van der Waals surface area contributed by atoms with Gasteiger partial charge in [0.1, 0.15) is 6.10 Å². The molecule has 0 aliphatic heterocycles. The number of ether oxygens (including phenoxy) is 2. The minimum atomic E-state index is -1.01. The van der Waals surface area contributed by atoms with Gasteiger partial charge in [0.2, 0.25) is 0 Å². The molecule has 0 spiro atoms. The number of benzene rings is 3. The minimum absolute atomic E-state index is 0.0566. The van der Waals surface area contributed by atoms with Gasteiger partial charge in [-0.1, -0.05) is 48.5 Å². The number of carboxylic acid groups (broad SMARTS) is 1. The standard InChI is InChI=1S/C25H25NO6/c1-31-23-15-14-18(16-21(23)27)22(12-3-2-4-13-24(28)29)32-25(30)26-20-11-7-9-17-8-5-6-10-19(17)20/h4-11,13-16,22,27H,2-3,12H2,1H3,(H,26,30)(H,28,29)/b13-4+/t22-/m0/s1. The zero-order chi connectivity index (χ0) is 22.9. The lowest BCUT2D eigenvalue weighted by Gasteiger charge is -2.20. The Labute approximate surface area is 185 Å². The van der Waals surface area contributed by atoms with Crippen molar-refractivity contribution >= 4 is 28.5 Å². The van der Waals surface area contributed by atoms with Crippen LogP contribution in [0.5, 0.6) is 11.5 Å². The lowest BCUT2D eigenvalue weighted by Crippen LogP contribution is -2.18. The molecule has 1 amide bonds. The molecule has 0 saturated heterocycles. The van der Waals surface area contributed by atoms with E-state index in [-0.39, 0.29) is 5.75 Å². The topological polar surface area (TPSA) is 105 Å². The van der Waals surface area contributed by atoms with Gasteiger partial charge in [-0.25, -0.2) is 9.59 Å². The highest BCUT2D eigenvalue weighted by atomic mass is 16.6. The summed E-state index contributed by atoms with van der Waals surface area (Å²) in [5, 5.41) is 23.5. The van der Waals surface area contributed by atoms with Crippen LogP contribution in [-0.4, -0.2) is 29.4 Å². The van der Waals surface area contributed by atoms with Crippen molar-refractivity contribution in [2.75, 3.05) is 12.4 Å². The van der Waals surface area contributed by atoms with E-state index in [2.05, 4.69) is 5.32 Å². The summed E-state index contributed by atoms with van der Waals surface area (Å²) >= 11 is 0. The number of carbonyl (C=O) groups is 2. The van der Waals surface area contributed by atoms with Crippen LogP contribution in [0, 0.1) is 0 Å². The Kier molecular flexibility index (Phi) is 7.70. The molecule has 1 atom stereocenters. The molecule has 0 saturated carbocycles. The number of phenolic OH excluding ortho intramolecular Hbond substituents is 1. The zero-order valence-electron chi connectivity index (χ0n) is 17.7. The summed E-state index contributed by atoms with van der Waals surface area (Å²) in [6.45, 7) is 0. The van der Waals surface area contributed by atoms with E-state index >= 15 is 0 Å². The van der Waals surface area contributed by atoms with E-state index in [1.54, 1.807) is 24.3 Å². The van der Waals surface area contributed by atoms with Gasteiger partial charge in [0.15, 0.2) is 11.5 Å². The number of anilines is 1. The Balaban J connectivity index is 1.75. The van der Waals surface area contributed by atoms with Crippen molar-refractivity contribution in [1.29, 1.82) is 0 Å². The van der Waals surface area contributed by atoms with Crippen LogP contribution in [-0.2, 0) is 9.53 Å². The van der Waals surface area contributed by atoms with Crippen molar-refractivity contribution in [3.05, 3.63) is 78.4 Å². The van der Waals surface area contributed by atoms with E-state index < -0.39 is 18.2 Å². The predicted molar refractivity (Wildman–Crippen MR) is 122 cm³/mol. The summed E-state index contributed by atoms with van der Waals surface area (Å²) in [5.41, 5.74) is 1.24. The number of carboxylic acids is 1. The van der Waals surface area contributed by atoms with Gasteiger partial charge >= 0.3 is 12.1 Å². The number of unbranched alkanes of at least 4 members (excludes halogenated alkanes) is 1. The Morgan fingerprint density at radius 2 is 1.88 bits per heavy atom. The second kappa shape index (κ2) is 10.9. The first-order chi connectivity index (χ1) is 15.5. The van der Waals surface area contributed by atoms with Gasteiger partial charge in [-0.3, -0.25) is 5.32 Å². The number of hydrogen-bond donors (Lipinski definition) is 3. The molecule has 3 N–H and O–H groups in total. The van der Waals surface area contributed by atoms with Gasteiger partial charge in [-0.2, -0.15) is 0 Å². The maximum atomic E-state index is 12.7. The lowest BCUT2D eigenvalue weighted by atomic mass is 10.0. The first-order valence-electron chi connectivity index (χ1n) is 10.2. The van der Waals surface area contributed by atoms with Crippen LogP contribution in [0.3, 0.4) is 0 Å². The third-order valence-corrected chi connectivity index (χ3v) is 4.95. The molecule has 0 unspecified atom stereocenters. The molecule has 0 radical (unpaired) electrons. The number of hydrogen-bond acceptors (Lipinski definition) is 5. The first kappa shape index (κ1) is 22.7. The number of aromatic hydroxyl groups is 1. The third kappa shape index (κ3) is 6.01. The molecule has 0 fully saturated rings. The molecule has 0 heterocycles. The molecule has 7 heteroatoms. The number of allylic oxidation sites excluding steroid dienone is 1. The van der Waals surface area contributed by atoms with E-state index in [0.717, 1.165) is 16.8 Å². The zero-order valence-corrected chi connectivity index (χ0v) is 17.7. The molecule has 0 aliphatic rings. The number of aliphatic carboxylic acids is 1. The van der Waals surface area contributed by atoms with Gasteiger partial charge in [0.05, 0.1) is 12.8 Å². The summed E-state index contributed by atoms with van der Waals surface area (Å²) in [6.07, 6.45) is 2.92. The molecular weight excluding hydrogens is 410 g/mol. The quantitative estimate of drug-likeness (QED) is 0.296. The van der Waals surface area contributed by atoms with E-state index in [1.807, 2.05) is 36.4 Å². The molecule has 0 aliphatic carbocycles. The number of rotatable bonds is 9. The normalized spacial score (nSPS) is 11.9. The largest absolute Gasteiger partial charge is 0.504 e. The van der Waals surface area contributed by atoms with Crippen molar-refractivity contribution in [3.63, 3.8) is 0 Å². The van der Waals surface area contributed by atoms with Crippen molar-refractivity contribution < 1.29 is 29.3 Å². The van der Waals surface area contributed by atoms with E-state index in [0.29, 0.717) is 36.3 Å². The lowest BCUT2D eigenvalue weighted by molar-refractivity contribution is -0.131. The number of nitrogens with one attached hydrogen (secondary N) is 1. The maximum Gasteiger partial charge on any atom is 0.412 e. The summed E-state index contributed by atoms with van der Waals surface area (Å²) in [5.74, 6) is -0.747. The monoisotopic (exact) mass is 435 g/mol. The van der Waals surface area contributed by atoms with Crippen LogP contribution in [0.25, 0.3) is 10.8 Å². The Hall–Kier alpha value is -4.00.